The molecule has 28 heavy (non-hydrogen) atoms. The largest absolute Gasteiger partial charge is 0.416 e. The molecule has 0 bridgehead atoms. The van der Waals surface area contributed by atoms with Crippen molar-refractivity contribution >= 4 is 5.91 Å². The van der Waals surface area contributed by atoms with Crippen LogP contribution in [0.4, 0.5) is 13.2 Å². The Morgan fingerprint density at radius 3 is 2.46 bits per heavy atom. The summed E-state index contributed by atoms with van der Waals surface area (Å²) in [5, 5.41) is 10.0. The second-order valence-electron chi connectivity index (χ2n) is 7.64. The van der Waals surface area contributed by atoms with Gasteiger partial charge in [-0.05, 0) is 56.5 Å². The van der Waals surface area contributed by atoms with E-state index in [-0.39, 0.29) is 11.9 Å². The van der Waals surface area contributed by atoms with Crippen LogP contribution in [0.2, 0.25) is 0 Å². The SMILES string of the molecule is CC(C)(O)C(=O)N1CCC[C@H]1c1cccc(Cc2ccc(C(F)(F)F)cc2)n1. The first-order chi connectivity index (χ1) is 13.1. The van der Waals surface area contributed by atoms with Gasteiger partial charge in [0.25, 0.3) is 5.91 Å². The van der Waals surface area contributed by atoms with Gasteiger partial charge in [0.05, 0.1) is 17.3 Å². The smallest absolute Gasteiger partial charge is 0.381 e. The Morgan fingerprint density at radius 1 is 1.18 bits per heavy atom. The lowest BCUT2D eigenvalue weighted by Gasteiger charge is -2.30. The fourth-order valence-electron chi connectivity index (χ4n) is 3.47. The lowest BCUT2D eigenvalue weighted by Crippen LogP contribution is -2.44. The van der Waals surface area contributed by atoms with E-state index in [2.05, 4.69) is 4.98 Å². The number of alkyl halides is 3. The van der Waals surface area contributed by atoms with Gasteiger partial charge in [-0.25, -0.2) is 0 Å². The summed E-state index contributed by atoms with van der Waals surface area (Å²) in [5.74, 6) is -0.329. The van der Waals surface area contributed by atoms with E-state index in [1.807, 2.05) is 18.2 Å². The number of rotatable bonds is 4. The number of likely N-dealkylation sites (tertiary alicyclic amines) is 1. The average molecular weight is 392 g/mol. The van der Waals surface area contributed by atoms with E-state index in [1.165, 1.54) is 26.0 Å². The predicted octanol–water partition coefficient (Wildman–Crippen LogP) is 4.13. The number of pyridine rings is 1. The van der Waals surface area contributed by atoms with Crippen molar-refractivity contribution in [1.29, 1.82) is 0 Å². The molecule has 1 aliphatic rings. The minimum Gasteiger partial charge on any atom is -0.381 e. The van der Waals surface area contributed by atoms with Crippen molar-refractivity contribution in [2.45, 2.75) is 50.9 Å². The second-order valence-corrected chi connectivity index (χ2v) is 7.64. The van der Waals surface area contributed by atoms with Crippen molar-refractivity contribution < 1.29 is 23.1 Å². The first kappa shape index (κ1) is 20.3. The van der Waals surface area contributed by atoms with E-state index in [4.69, 9.17) is 0 Å². The zero-order chi connectivity index (χ0) is 20.5. The number of hydrogen-bond donors (Lipinski definition) is 1. The van der Waals surface area contributed by atoms with E-state index in [0.29, 0.717) is 13.0 Å². The fourth-order valence-corrected chi connectivity index (χ4v) is 3.47. The number of nitrogens with zero attached hydrogens (tertiary/aromatic N) is 2. The van der Waals surface area contributed by atoms with Crippen LogP contribution in [0.25, 0.3) is 0 Å². The van der Waals surface area contributed by atoms with Crippen LogP contribution in [0.3, 0.4) is 0 Å². The third kappa shape index (κ3) is 4.52. The number of aromatic nitrogens is 1. The van der Waals surface area contributed by atoms with Gasteiger partial charge >= 0.3 is 6.18 Å². The molecule has 1 amide bonds. The maximum Gasteiger partial charge on any atom is 0.416 e. The number of carbonyl (C=O) groups is 1. The summed E-state index contributed by atoms with van der Waals surface area (Å²) in [5.41, 5.74) is 0.0676. The molecule has 1 saturated heterocycles. The Morgan fingerprint density at radius 2 is 1.86 bits per heavy atom. The highest BCUT2D eigenvalue weighted by Gasteiger charge is 2.37. The molecule has 3 rings (SSSR count). The molecule has 1 aliphatic heterocycles. The molecule has 0 spiro atoms. The quantitative estimate of drug-likeness (QED) is 0.851. The van der Waals surface area contributed by atoms with Crippen LogP contribution in [-0.4, -0.2) is 33.0 Å². The van der Waals surface area contributed by atoms with Gasteiger partial charge in [-0.2, -0.15) is 13.2 Å². The molecule has 1 fully saturated rings. The summed E-state index contributed by atoms with van der Waals surface area (Å²) >= 11 is 0. The summed E-state index contributed by atoms with van der Waals surface area (Å²) in [6.45, 7) is 3.51. The first-order valence-corrected chi connectivity index (χ1v) is 9.21. The molecule has 2 aromatic rings. The van der Waals surface area contributed by atoms with E-state index in [0.717, 1.165) is 41.9 Å². The maximum atomic E-state index is 12.7. The van der Waals surface area contributed by atoms with Crippen molar-refractivity contribution in [3.63, 3.8) is 0 Å². The number of hydrogen-bond acceptors (Lipinski definition) is 3. The Bertz CT molecular complexity index is 842. The lowest BCUT2D eigenvalue weighted by atomic mass is 10.0. The van der Waals surface area contributed by atoms with Crippen molar-refractivity contribution in [3.05, 3.63) is 65.0 Å². The molecule has 7 heteroatoms. The predicted molar refractivity (Wildman–Crippen MR) is 98.5 cm³/mol. The maximum absolute atomic E-state index is 12.7. The number of carbonyl (C=O) groups excluding carboxylic acids is 1. The fraction of sp³-hybridized carbons (Fsp3) is 0.429. The van der Waals surface area contributed by atoms with E-state index < -0.39 is 17.3 Å². The molecule has 1 N–H and O–H groups in total. The number of benzene rings is 1. The summed E-state index contributed by atoms with van der Waals surface area (Å²) in [6, 6.07) is 10.3. The minimum atomic E-state index is -4.35. The van der Waals surface area contributed by atoms with Crippen LogP contribution < -0.4 is 0 Å². The molecule has 0 radical (unpaired) electrons. The summed E-state index contributed by atoms with van der Waals surface area (Å²) < 4.78 is 38.1. The zero-order valence-corrected chi connectivity index (χ0v) is 15.8. The number of amides is 1. The van der Waals surface area contributed by atoms with Gasteiger partial charge < -0.3 is 10.0 Å². The van der Waals surface area contributed by atoms with Crippen molar-refractivity contribution in [3.8, 4) is 0 Å². The van der Waals surface area contributed by atoms with Gasteiger partial charge in [0.15, 0.2) is 0 Å². The average Bonchev–Trinajstić information content (AvgIpc) is 3.09. The first-order valence-electron chi connectivity index (χ1n) is 9.21. The molecular formula is C21H23F3N2O2. The Balaban J connectivity index is 1.78. The minimum absolute atomic E-state index is 0.202. The third-order valence-corrected chi connectivity index (χ3v) is 4.87. The van der Waals surface area contributed by atoms with E-state index >= 15 is 0 Å². The molecule has 4 nitrogen and oxygen atoms in total. The van der Waals surface area contributed by atoms with Crippen molar-refractivity contribution in [2.24, 2.45) is 0 Å². The highest BCUT2D eigenvalue weighted by Crippen LogP contribution is 2.33. The van der Waals surface area contributed by atoms with Gasteiger partial charge in [-0.15, -0.1) is 0 Å². The number of halogens is 3. The van der Waals surface area contributed by atoms with Gasteiger partial charge in [-0.3, -0.25) is 9.78 Å². The Hall–Kier alpha value is -2.41. The summed E-state index contributed by atoms with van der Waals surface area (Å²) in [4.78, 5) is 18.8. The second kappa shape index (κ2) is 7.54. The summed E-state index contributed by atoms with van der Waals surface area (Å²) in [6.07, 6.45) is -2.36. The van der Waals surface area contributed by atoms with E-state index in [1.54, 1.807) is 4.90 Å². The third-order valence-electron chi connectivity index (χ3n) is 4.87. The normalized spacial score (nSPS) is 17.8. The zero-order valence-electron chi connectivity index (χ0n) is 15.8. The van der Waals surface area contributed by atoms with Crippen molar-refractivity contribution in [2.75, 3.05) is 6.54 Å². The molecule has 2 heterocycles. The molecule has 0 saturated carbocycles. The number of aliphatic hydroxyl groups is 1. The topological polar surface area (TPSA) is 53.4 Å². The molecule has 150 valence electrons. The Labute approximate surface area is 162 Å². The standard InChI is InChI=1S/C21H23F3N2O2/c1-20(2,28)19(27)26-12-4-7-18(26)17-6-3-5-16(25-17)13-14-8-10-15(11-9-14)21(22,23)24/h3,5-6,8-11,18,28H,4,7,12-13H2,1-2H3/t18-/m0/s1. The van der Waals surface area contributed by atoms with Crippen LogP contribution in [0.1, 0.15) is 55.2 Å². The monoisotopic (exact) mass is 392 g/mol. The van der Waals surface area contributed by atoms with E-state index in [9.17, 15) is 23.1 Å². The van der Waals surface area contributed by atoms with Gasteiger partial charge in [0, 0.05) is 18.7 Å². The van der Waals surface area contributed by atoms with Crippen LogP contribution in [0.5, 0.6) is 0 Å². The lowest BCUT2D eigenvalue weighted by molar-refractivity contribution is -0.149. The van der Waals surface area contributed by atoms with Crippen LogP contribution in [0.15, 0.2) is 42.5 Å². The molecule has 1 aromatic carbocycles. The Kier molecular flexibility index (Phi) is 5.48. The molecule has 1 atom stereocenters. The molecule has 1 aromatic heterocycles. The summed E-state index contributed by atoms with van der Waals surface area (Å²) in [7, 11) is 0. The highest BCUT2D eigenvalue weighted by atomic mass is 19.4. The van der Waals surface area contributed by atoms with Crippen LogP contribution in [-0.2, 0) is 17.4 Å². The highest BCUT2D eigenvalue weighted by molar-refractivity contribution is 5.84. The van der Waals surface area contributed by atoms with Gasteiger partial charge in [-0.1, -0.05) is 18.2 Å². The van der Waals surface area contributed by atoms with Gasteiger partial charge in [0.2, 0.25) is 0 Å². The van der Waals surface area contributed by atoms with Crippen LogP contribution in [0, 0.1) is 0 Å². The molecule has 0 aliphatic carbocycles. The molecule has 0 unspecified atom stereocenters. The molecular weight excluding hydrogens is 369 g/mol. The van der Waals surface area contributed by atoms with Crippen molar-refractivity contribution in [1.82, 2.24) is 9.88 Å². The van der Waals surface area contributed by atoms with Crippen LogP contribution >= 0.6 is 0 Å². The van der Waals surface area contributed by atoms with Gasteiger partial charge in [0.1, 0.15) is 5.60 Å².